The van der Waals surface area contributed by atoms with E-state index in [1.165, 1.54) is 57.8 Å². The normalized spacial score (nSPS) is 12.0. The van der Waals surface area contributed by atoms with Crippen molar-refractivity contribution in [1.29, 1.82) is 0 Å². The first-order valence-corrected chi connectivity index (χ1v) is 7.90. The van der Waals surface area contributed by atoms with Gasteiger partial charge < -0.3 is 10.5 Å². The van der Waals surface area contributed by atoms with Crippen LogP contribution in [0.3, 0.4) is 0 Å². The second-order valence-electron chi connectivity index (χ2n) is 6.21. The summed E-state index contributed by atoms with van der Waals surface area (Å²) in [6.07, 6.45) is 11.7. The molecule has 0 saturated carbocycles. The van der Waals surface area contributed by atoms with E-state index < -0.39 is 0 Å². The molecule has 0 atom stereocenters. The highest BCUT2D eigenvalue weighted by Crippen LogP contribution is 2.21. The number of rotatable bonds is 13. The van der Waals surface area contributed by atoms with Crippen molar-refractivity contribution >= 4 is 0 Å². The molecule has 2 heteroatoms. The fraction of sp³-hybridized carbons (Fsp3) is 1.00. The van der Waals surface area contributed by atoms with Crippen LogP contribution in [0, 0.1) is 5.41 Å². The standard InChI is InChI=1S/C16H35NO/c1-4-5-6-7-8-10-13-18-14-11-9-12-16(2,3)15-17/h4-15,17H2,1-3H3. The molecule has 110 valence electrons. The van der Waals surface area contributed by atoms with Gasteiger partial charge in [0, 0.05) is 13.2 Å². The minimum atomic E-state index is 0.305. The molecule has 0 saturated heterocycles. The molecule has 0 rings (SSSR count). The van der Waals surface area contributed by atoms with Crippen LogP contribution >= 0.6 is 0 Å². The molecule has 2 nitrogen and oxygen atoms in total. The molecule has 2 N–H and O–H groups in total. The van der Waals surface area contributed by atoms with E-state index in [4.69, 9.17) is 10.5 Å². The lowest BCUT2D eigenvalue weighted by Gasteiger charge is -2.21. The fourth-order valence-electron chi connectivity index (χ4n) is 2.00. The Kier molecular flexibility index (Phi) is 11.9. The summed E-state index contributed by atoms with van der Waals surface area (Å²) in [4.78, 5) is 0. The van der Waals surface area contributed by atoms with E-state index in [0.29, 0.717) is 5.41 Å². The van der Waals surface area contributed by atoms with Crippen LogP contribution in [0.5, 0.6) is 0 Å². The lowest BCUT2D eigenvalue weighted by Crippen LogP contribution is -2.23. The third-order valence-electron chi connectivity index (χ3n) is 3.59. The Hall–Kier alpha value is -0.0800. The van der Waals surface area contributed by atoms with Crippen LogP contribution in [0.15, 0.2) is 0 Å². The number of nitrogens with two attached hydrogens (primary N) is 1. The largest absolute Gasteiger partial charge is 0.381 e. The quantitative estimate of drug-likeness (QED) is 0.492. The lowest BCUT2D eigenvalue weighted by atomic mass is 9.87. The molecule has 0 aromatic carbocycles. The van der Waals surface area contributed by atoms with Crippen molar-refractivity contribution in [2.24, 2.45) is 11.1 Å². The molecule has 0 fully saturated rings. The Morgan fingerprint density at radius 2 is 1.39 bits per heavy atom. The summed E-state index contributed by atoms with van der Waals surface area (Å²) in [5.74, 6) is 0. The van der Waals surface area contributed by atoms with Crippen LogP contribution in [-0.4, -0.2) is 19.8 Å². The molecule has 0 aromatic rings. The Labute approximate surface area is 115 Å². The lowest BCUT2D eigenvalue weighted by molar-refractivity contribution is 0.123. The van der Waals surface area contributed by atoms with Crippen LogP contribution in [0.2, 0.25) is 0 Å². The molecule has 0 aliphatic carbocycles. The van der Waals surface area contributed by atoms with E-state index in [2.05, 4.69) is 20.8 Å². The highest BCUT2D eigenvalue weighted by molar-refractivity contribution is 4.68. The third kappa shape index (κ3) is 12.4. The van der Waals surface area contributed by atoms with Gasteiger partial charge in [0.15, 0.2) is 0 Å². The molecule has 0 radical (unpaired) electrons. The SMILES string of the molecule is CCCCCCCCOCCCCC(C)(C)CN. The fourth-order valence-corrected chi connectivity index (χ4v) is 2.00. The number of hydrogen-bond acceptors (Lipinski definition) is 2. The minimum absolute atomic E-state index is 0.305. The molecule has 0 aliphatic rings. The van der Waals surface area contributed by atoms with Crippen LogP contribution in [-0.2, 0) is 4.74 Å². The van der Waals surface area contributed by atoms with E-state index in [9.17, 15) is 0 Å². The predicted molar refractivity (Wildman–Crippen MR) is 80.9 cm³/mol. The zero-order valence-electron chi connectivity index (χ0n) is 13.0. The van der Waals surface area contributed by atoms with Gasteiger partial charge in [0.2, 0.25) is 0 Å². The highest BCUT2D eigenvalue weighted by atomic mass is 16.5. The summed E-state index contributed by atoms with van der Waals surface area (Å²) in [7, 11) is 0. The maximum atomic E-state index is 5.71. The number of unbranched alkanes of at least 4 members (excludes halogenated alkanes) is 6. The maximum absolute atomic E-state index is 5.71. The Bertz CT molecular complexity index is 168. The van der Waals surface area contributed by atoms with Gasteiger partial charge in [0.05, 0.1) is 0 Å². The van der Waals surface area contributed by atoms with Gasteiger partial charge in [-0.3, -0.25) is 0 Å². The van der Waals surface area contributed by atoms with Gasteiger partial charge in [-0.15, -0.1) is 0 Å². The molecule has 0 heterocycles. The van der Waals surface area contributed by atoms with Crippen molar-refractivity contribution in [3.05, 3.63) is 0 Å². The van der Waals surface area contributed by atoms with Gasteiger partial charge in [-0.1, -0.05) is 59.3 Å². The van der Waals surface area contributed by atoms with Gasteiger partial charge in [-0.2, -0.15) is 0 Å². The second-order valence-corrected chi connectivity index (χ2v) is 6.21. The number of hydrogen-bond donors (Lipinski definition) is 1. The molecule has 0 aromatic heterocycles. The molecule has 0 spiro atoms. The summed E-state index contributed by atoms with van der Waals surface area (Å²) < 4.78 is 5.66. The topological polar surface area (TPSA) is 35.2 Å². The van der Waals surface area contributed by atoms with Crippen molar-refractivity contribution in [2.45, 2.75) is 78.6 Å². The van der Waals surface area contributed by atoms with Gasteiger partial charge in [-0.05, 0) is 31.2 Å². The average molecular weight is 257 g/mol. The van der Waals surface area contributed by atoms with Crippen molar-refractivity contribution in [1.82, 2.24) is 0 Å². The molecule has 0 aliphatic heterocycles. The monoisotopic (exact) mass is 257 g/mol. The minimum Gasteiger partial charge on any atom is -0.381 e. The number of ether oxygens (including phenoxy) is 1. The summed E-state index contributed by atoms with van der Waals surface area (Å²) in [6, 6.07) is 0. The van der Waals surface area contributed by atoms with Gasteiger partial charge in [-0.25, -0.2) is 0 Å². The van der Waals surface area contributed by atoms with Gasteiger partial charge >= 0.3 is 0 Å². The molecule has 0 unspecified atom stereocenters. The zero-order valence-corrected chi connectivity index (χ0v) is 13.0. The van der Waals surface area contributed by atoms with Crippen molar-refractivity contribution in [3.63, 3.8) is 0 Å². The summed E-state index contributed by atoms with van der Waals surface area (Å²) >= 11 is 0. The Morgan fingerprint density at radius 1 is 0.833 bits per heavy atom. The summed E-state index contributed by atoms with van der Waals surface area (Å²) in [5, 5.41) is 0. The molecule has 0 bridgehead atoms. The first kappa shape index (κ1) is 17.9. The molecular weight excluding hydrogens is 222 g/mol. The first-order valence-electron chi connectivity index (χ1n) is 7.90. The van der Waals surface area contributed by atoms with Crippen LogP contribution in [0.25, 0.3) is 0 Å². The van der Waals surface area contributed by atoms with Crippen molar-refractivity contribution < 1.29 is 4.74 Å². The Morgan fingerprint density at radius 3 is 2.00 bits per heavy atom. The molecule has 0 amide bonds. The Balaban J connectivity index is 3.08. The van der Waals surface area contributed by atoms with Crippen LogP contribution in [0.1, 0.15) is 78.6 Å². The first-order chi connectivity index (χ1) is 8.62. The van der Waals surface area contributed by atoms with E-state index >= 15 is 0 Å². The van der Waals surface area contributed by atoms with Crippen LogP contribution in [0.4, 0.5) is 0 Å². The summed E-state index contributed by atoms with van der Waals surface area (Å²) in [5.41, 5.74) is 6.01. The third-order valence-corrected chi connectivity index (χ3v) is 3.59. The summed E-state index contributed by atoms with van der Waals surface area (Å²) in [6.45, 7) is 9.40. The van der Waals surface area contributed by atoms with Crippen molar-refractivity contribution in [3.8, 4) is 0 Å². The molecular formula is C16H35NO. The van der Waals surface area contributed by atoms with Gasteiger partial charge in [0.25, 0.3) is 0 Å². The van der Waals surface area contributed by atoms with E-state index in [1.807, 2.05) is 0 Å². The maximum Gasteiger partial charge on any atom is 0.0466 e. The highest BCUT2D eigenvalue weighted by Gasteiger charge is 2.13. The molecule has 18 heavy (non-hydrogen) atoms. The van der Waals surface area contributed by atoms with E-state index in [-0.39, 0.29) is 0 Å². The smallest absolute Gasteiger partial charge is 0.0466 e. The second kappa shape index (κ2) is 12.0. The van der Waals surface area contributed by atoms with E-state index in [1.54, 1.807) is 0 Å². The average Bonchev–Trinajstić information content (AvgIpc) is 2.36. The van der Waals surface area contributed by atoms with Gasteiger partial charge in [0.1, 0.15) is 0 Å². The zero-order chi connectivity index (χ0) is 13.7. The van der Waals surface area contributed by atoms with E-state index in [0.717, 1.165) is 19.8 Å². The predicted octanol–water partition coefficient (Wildman–Crippen LogP) is 4.52. The van der Waals surface area contributed by atoms with Crippen molar-refractivity contribution in [2.75, 3.05) is 19.8 Å². The van der Waals surface area contributed by atoms with Crippen LogP contribution < -0.4 is 5.73 Å².